The summed E-state index contributed by atoms with van der Waals surface area (Å²) in [6.45, 7) is 9.46. The van der Waals surface area contributed by atoms with E-state index < -0.39 is 0 Å². The van der Waals surface area contributed by atoms with Gasteiger partial charge in [0.05, 0.1) is 7.11 Å². The summed E-state index contributed by atoms with van der Waals surface area (Å²) in [4.78, 5) is 0. The van der Waals surface area contributed by atoms with Gasteiger partial charge < -0.3 is 10.5 Å². The molecule has 0 fully saturated rings. The van der Waals surface area contributed by atoms with E-state index in [4.69, 9.17) is 10.5 Å². The number of methoxy groups -OCH3 is 1. The van der Waals surface area contributed by atoms with Gasteiger partial charge in [0.15, 0.2) is 0 Å². The number of aryl methyl sites for hydroxylation is 1. The highest BCUT2D eigenvalue weighted by Gasteiger charge is 2.11. The van der Waals surface area contributed by atoms with Crippen LogP contribution in [0.15, 0.2) is 6.07 Å². The Balaban J connectivity index is 2.96. The number of hydrogen-bond donors (Lipinski definition) is 1. The Labute approximate surface area is 105 Å². The molecule has 0 aliphatic rings. The lowest BCUT2D eigenvalue weighted by molar-refractivity contribution is 0.410. The van der Waals surface area contributed by atoms with Crippen LogP contribution in [0.1, 0.15) is 35.6 Å². The maximum Gasteiger partial charge on any atom is 0.122 e. The first-order chi connectivity index (χ1) is 8.01. The van der Waals surface area contributed by atoms with Crippen LogP contribution in [0.25, 0.3) is 0 Å². The third-order valence-electron chi connectivity index (χ3n) is 3.72. The molecule has 0 radical (unpaired) electrons. The summed E-state index contributed by atoms with van der Waals surface area (Å²) < 4.78 is 5.39. The molecular weight excluding hydrogens is 210 g/mol. The largest absolute Gasteiger partial charge is 0.496 e. The van der Waals surface area contributed by atoms with Gasteiger partial charge in [0.1, 0.15) is 5.75 Å². The Bertz CT molecular complexity index is 385. The molecule has 2 N–H and O–H groups in total. The van der Waals surface area contributed by atoms with Crippen molar-refractivity contribution in [2.45, 2.75) is 40.5 Å². The number of ether oxygens (including phenoxy) is 1. The normalized spacial score (nSPS) is 12.6. The smallest absolute Gasteiger partial charge is 0.122 e. The van der Waals surface area contributed by atoms with Crippen molar-refractivity contribution in [1.82, 2.24) is 0 Å². The number of hydrogen-bond acceptors (Lipinski definition) is 2. The van der Waals surface area contributed by atoms with E-state index in [1.54, 1.807) is 7.11 Å². The van der Waals surface area contributed by atoms with Gasteiger partial charge in [0.2, 0.25) is 0 Å². The average molecular weight is 235 g/mol. The molecule has 0 amide bonds. The molecule has 2 nitrogen and oxygen atoms in total. The van der Waals surface area contributed by atoms with Gasteiger partial charge in [-0.25, -0.2) is 0 Å². The van der Waals surface area contributed by atoms with Gasteiger partial charge in [0.25, 0.3) is 0 Å². The van der Waals surface area contributed by atoms with Crippen molar-refractivity contribution >= 4 is 0 Å². The van der Waals surface area contributed by atoms with Crippen LogP contribution in [0.4, 0.5) is 0 Å². The second-order valence-corrected chi connectivity index (χ2v) is 5.00. The first-order valence-electron chi connectivity index (χ1n) is 6.35. The molecule has 17 heavy (non-hydrogen) atoms. The monoisotopic (exact) mass is 235 g/mol. The molecule has 1 aromatic rings. The summed E-state index contributed by atoms with van der Waals surface area (Å²) in [5, 5.41) is 0. The molecule has 96 valence electrons. The summed E-state index contributed by atoms with van der Waals surface area (Å²) >= 11 is 0. The third kappa shape index (κ3) is 3.22. The molecule has 0 bridgehead atoms. The molecule has 1 rings (SSSR count). The van der Waals surface area contributed by atoms with Gasteiger partial charge in [-0.05, 0) is 74.4 Å². The molecule has 0 aliphatic heterocycles. The van der Waals surface area contributed by atoms with Gasteiger partial charge in [0, 0.05) is 0 Å². The predicted molar refractivity (Wildman–Crippen MR) is 73.7 cm³/mol. The number of benzene rings is 1. The molecule has 0 aliphatic carbocycles. The van der Waals surface area contributed by atoms with Crippen LogP contribution in [0.5, 0.6) is 5.75 Å². The van der Waals surface area contributed by atoms with Gasteiger partial charge >= 0.3 is 0 Å². The quantitative estimate of drug-likeness (QED) is 0.851. The van der Waals surface area contributed by atoms with Crippen LogP contribution in [0.2, 0.25) is 0 Å². The van der Waals surface area contributed by atoms with Crippen molar-refractivity contribution in [1.29, 1.82) is 0 Å². The second-order valence-electron chi connectivity index (χ2n) is 5.00. The Kier molecular flexibility index (Phi) is 5.01. The van der Waals surface area contributed by atoms with E-state index in [1.165, 1.54) is 22.3 Å². The lowest BCUT2D eigenvalue weighted by Crippen LogP contribution is -2.12. The molecular formula is C15H25NO. The van der Waals surface area contributed by atoms with Gasteiger partial charge in [-0.3, -0.25) is 0 Å². The molecule has 1 atom stereocenters. The van der Waals surface area contributed by atoms with Crippen molar-refractivity contribution in [2.24, 2.45) is 11.7 Å². The van der Waals surface area contributed by atoms with Gasteiger partial charge in [-0.2, -0.15) is 0 Å². The van der Waals surface area contributed by atoms with E-state index in [2.05, 4.69) is 33.8 Å². The van der Waals surface area contributed by atoms with E-state index in [0.717, 1.165) is 25.1 Å². The zero-order valence-corrected chi connectivity index (χ0v) is 11.8. The fraction of sp³-hybridized carbons (Fsp3) is 0.600. The highest BCUT2D eigenvalue weighted by Crippen LogP contribution is 2.28. The predicted octanol–water partition coefficient (Wildman–Crippen LogP) is 3.15. The second kappa shape index (κ2) is 6.06. The van der Waals surface area contributed by atoms with Gasteiger partial charge in [-0.1, -0.05) is 6.92 Å². The van der Waals surface area contributed by atoms with Crippen molar-refractivity contribution in [2.75, 3.05) is 13.7 Å². The van der Waals surface area contributed by atoms with Crippen LogP contribution in [-0.2, 0) is 6.42 Å². The highest BCUT2D eigenvalue weighted by molar-refractivity contribution is 5.48. The van der Waals surface area contributed by atoms with Crippen molar-refractivity contribution in [3.63, 3.8) is 0 Å². The number of nitrogens with two attached hydrogens (primary N) is 1. The van der Waals surface area contributed by atoms with Crippen molar-refractivity contribution < 1.29 is 4.74 Å². The average Bonchev–Trinajstić information content (AvgIpc) is 2.33. The van der Waals surface area contributed by atoms with E-state index in [0.29, 0.717) is 5.92 Å². The Morgan fingerprint density at radius 1 is 1.24 bits per heavy atom. The molecule has 0 saturated heterocycles. The number of rotatable bonds is 5. The topological polar surface area (TPSA) is 35.2 Å². The lowest BCUT2D eigenvalue weighted by Gasteiger charge is -2.17. The van der Waals surface area contributed by atoms with Crippen LogP contribution < -0.4 is 10.5 Å². The first kappa shape index (κ1) is 14.0. The molecule has 1 aromatic carbocycles. The Morgan fingerprint density at radius 2 is 1.88 bits per heavy atom. The lowest BCUT2D eigenvalue weighted by atomic mass is 9.91. The van der Waals surface area contributed by atoms with Crippen LogP contribution in [0.3, 0.4) is 0 Å². The molecule has 1 unspecified atom stereocenters. The fourth-order valence-electron chi connectivity index (χ4n) is 2.20. The summed E-state index contributed by atoms with van der Waals surface area (Å²) in [6.07, 6.45) is 2.27. The zero-order valence-electron chi connectivity index (χ0n) is 11.8. The molecule has 0 spiro atoms. The third-order valence-corrected chi connectivity index (χ3v) is 3.72. The minimum atomic E-state index is 0.594. The van der Waals surface area contributed by atoms with E-state index in [1.807, 2.05) is 0 Å². The summed E-state index contributed by atoms with van der Waals surface area (Å²) in [7, 11) is 1.73. The summed E-state index contributed by atoms with van der Waals surface area (Å²) in [6, 6.07) is 2.14. The SMILES string of the molecule is COc1cc(C)c(CCC(C)CN)c(C)c1C. The summed E-state index contributed by atoms with van der Waals surface area (Å²) in [5.74, 6) is 1.59. The standard InChI is InChI=1S/C15H25NO/c1-10(9-16)6-7-14-11(2)8-15(17-5)13(4)12(14)3/h8,10H,6-7,9,16H2,1-5H3. The molecule has 2 heteroatoms. The van der Waals surface area contributed by atoms with Crippen LogP contribution in [0, 0.1) is 26.7 Å². The van der Waals surface area contributed by atoms with Crippen LogP contribution in [-0.4, -0.2) is 13.7 Å². The van der Waals surface area contributed by atoms with Crippen molar-refractivity contribution in [3.05, 3.63) is 28.3 Å². The Morgan fingerprint density at radius 3 is 2.41 bits per heavy atom. The molecule has 0 heterocycles. The fourth-order valence-corrected chi connectivity index (χ4v) is 2.20. The minimum Gasteiger partial charge on any atom is -0.496 e. The van der Waals surface area contributed by atoms with Crippen molar-refractivity contribution in [3.8, 4) is 5.75 Å². The summed E-state index contributed by atoms with van der Waals surface area (Å²) in [5.41, 5.74) is 11.1. The van der Waals surface area contributed by atoms with E-state index >= 15 is 0 Å². The van der Waals surface area contributed by atoms with E-state index in [-0.39, 0.29) is 0 Å². The molecule has 0 aromatic heterocycles. The highest BCUT2D eigenvalue weighted by atomic mass is 16.5. The zero-order chi connectivity index (χ0) is 13.0. The maximum atomic E-state index is 5.67. The Hall–Kier alpha value is -1.02. The molecule has 0 saturated carbocycles. The van der Waals surface area contributed by atoms with Crippen LogP contribution >= 0.6 is 0 Å². The van der Waals surface area contributed by atoms with E-state index in [9.17, 15) is 0 Å². The van der Waals surface area contributed by atoms with Gasteiger partial charge in [-0.15, -0.1) is 0 Å². The minimum absolute atomic E-state index is 0.594. The maximum absolute atomic E-state index is 5.67. The first-order valence-corrected chi connectivity index (χ1v) is 6.35.